The Kier molecular flexibility index (Phi) is 2.26. The van der Waals surface area contributed by atoms with Gasteiger partial charge in [0, 0.05) is 11.9 Å². The van der Waals surface area contributed by atoms with Crippen molar-refractivity contribution >= 4 is 0 Å². The predicted molar refractivity (Wildman–Crippen MR) is 49.6 cm³/mol. The van der Waals surface area contributed by atoms with Gasteiger partial charge in [-0.2, -0.15) is 13.2 Å². The van der Waals surface area contributed by atoms with Crippen molar-refractivity contribution in [2.45, 2.75) is 6.18 Å². The molecule has 0 spiro atoms. The first-order valence-corrected chi connectivity index (χ1v) is 4.30. The Morgan fingerprint density at radius 1 is 1.13 bits per heavy atom. The molecule has 0 saturated heterocycles. The van der Waals surface area contributed by atoms with E-state index < -0.39 is 11.7 Å². The van der Waals surface area contributed by atoms with Crippen LogP contribution in [-0.2, 0) is 6.18 Å². The van der Waals surface area contributed by atoms with Crippen molar-refractivity contribution in [2.24, 2.45) is 0 Å². The van der Waals surface area contributed by atoms with Crippen LogP contribution in [0.1, 0.15) is 5.56 Å². The zero-order chi connectivity index (χ0) is 10.9. The molecule has 2 aromatic rings. The van der Waals surface area contributed by atoms with E-state index in [1.807, 2.05) is 0 Å². The van der Waals surface area contributed by atoms with E-state index in [9.17, 15) is 13.2 Å². The molecule has 0 amide bonds. The molecule has 1 heterocycles. The number of nitrogens with zero attached hydrogens (tertiary/aromatic N) is 1. The average Bonchev–Trinajstić information content (AvgIpc) is 2.69. The molecule has 0 aliphatic rings. The standard InChI is InChI=1S/C11H7F3N/c12-11(13,14)9-4-3-5-10(8-9)15-6-1-2-7-15/h1-6,8H. The van der Waals surface area contributed by atoms with Crippen molar-refractivity contribution in [1.82, 2.24) is 4.57 Å². The van der Waals surface area contributed by atoms with Crippen molar-refractivity contribution in [2.75, 3.05) is 0 Å². The highest BCUT2D eigenvalue weighted by Crippen LogP contribution is 2.30. The van der Waals surface area contributed by atoms with E-state index >= 15 is 0 Å². The lowest BCUT2D eigenvalue weighted by Gasteiger charge is -2.08. The number of hydrogen-bond donors (Lipinski definition) is 0. The van der Waals surface area contributed by atoms with Crippen LogP contribution in [0.4, 0.5) is 13.2 Å². The number of hydrogen-bond acceptors (Lipinski definition) is 0. The Bertz CT molecular complexity index is 443. The van der Waals surface area contributed by atoms with E-state index in [0.29, 0.717) is 5.69 Å². The summed E-state index contributed by atoms with van der Waals surface area (Å²) in [4.78, 5) is 0. The van der Waals surface area contributed by atoms with Crippen molar-refractivity contribution in [3.05, 3.63) is 54.4 Å². The number of benzene rings is 1. The summed E-state index contributed by atoms with van der Waals surface area (Å²) in [6.07, 6.45) is 0.127. The fourth-order valence-corrected chi connectivity index (χ4v) is 1.29. The van der Waals surface area contributed by atoms with Gasteiger partial charge in [0.1, 0.15) is 0 Å². The summed E-state index contributed by atoms with van der Waals surface area (Å²) in [5, 5.41) is 0. The van der Waals surface area contributed by atoms with Gasteiger partial charge in [-0.15, -0.1) is 0 Å². The molecule has 2 rings (SSSR count). The first-order valence-electron chi connectivity index (χ1n) is 4.30. The van der Waals surface area contributed by atoms with Gasteiger partial charge >= 0.3 is 6.18 Å². The number of alkyl halides is 3. The number of aromatic nitrogens is 1. The Hall–Kier alpha value is -1.71. The summed E-state index contributed by atoms with van der Waals surface area (Å²) in [6, 6.07) is 8.47. The third-order valence-electron chi connectivity index (χ3n) is 2.00. The molecule has 0 aliphatic heterocycles. The van der Waals surface area contributed by atoms with E-state index in [2.05, 4.69) is 6.20 Å². The van der Waals surface area contributed by atoms with Crippen LogP contribution in [0.25, 0.3) is 5.69 Å². The van der Waals surface area contributed by atoms with Gasteiger partial charge in [0.05, 0.1) is 11.8 Å². The minimum Gasteiger partial charge on any atom is -0.315 e. The molecule has 0 atom stereocenters. The Balaban J connectivity index is 2.44. The smallest absolute Gasteiger partial charge is 0.315 e. The maximum absolute atomic E-state index is 12.4. The van der Waals surface area contributed by atoms with Crippen molar-refractivity contribution in [3.63, 3.8) is 0 Å². The van der Waals surface area contributed by atoms with Gasteiger partial charge in [0.15, 0.2) is 0 Å². The molecule has 4 heteroatoms. The topological polar surface area (TPSA) is 4.93 Å². The van der Waals surface area contributed by atoms with E-state index in [1.54, 1.807) is 24.4 Å². The summed E-state index contributed by atoms with van der Waals surface area (Å²) in [5.74, 6) is 0. The zero-order valence-electron chi connectivity index (χ0n) is 7.62. The van der Waals surface area contributed by atoms with Crippen LogP contribution in [-0.4, -0.2) is 4.57 Å². The van der Waals surface area contributed by atoms with Crippen LogP contribution in [0, 0.1) is 6.20 Å². The normalized spacial score (nSPS) is 11.7. The van der Waals surface area contributed by atoms with Crippen molar-refractivity contribution in [1.29, 1.82) is 0 Å². The fourth-order valence-electron chi connectivity index (χ4n) is 1.29. The fraction of sp³-hybridized carbons (Fsp3) is 0.0909. The van der Waals surface area contributed by atoms with Gasteiger partial charge in [0.2, 0.25) is 0 Å². The molecule has 77 valence electrons. The van der Waals surface area contributed by atoms with Crippen LogP contribution < -0.4 is 0 Å². The summed E-state index contributed by atoms with van der Waals surface area (Å²) >= 11 is 0. The molecule has 1 nitrogen and oxygen atoms in total. The Labute approximate surface area is 84.8 Å². The predicted octanol–water partition coefficient (Wildman–Crippen LogP) is 3.30. The summed E-state index contributed by atoms with van der Waals surface area (Å²) in [5.41, 5.74) is -0.197. The monoisotopic (exact) mass is 210 g/mol. The highest BCUT2D eigenvalue weighted by Gasteiger charge is 2.30. The number of rotatable bonds is 1. The lowest BCUT2D eigenvalue weighted by atomic mass is 10.2. The highest BCUT2D eigenvalue weighted by atomic mass is 19.4. The maximum Gasteiger partial charge on any atom is 0.416 e. The first kappa shape index (κ1) is 9.83. The first-order chi connectivity index (χ1) is 7.07. The molecule has 1 aromatic heterocycles. The molecule has 0 bridgehead atoms. The Morgan fingerprint density at radius 2 is 1.93 bits per heavy atom. The average molecular weight is 210 g/mol. The number of halogens is 3. The summed E-state index contributed by atoms with van der Waals surface area (Å²) in [6.45, 7) is 0. The second-order valence-electron chi connectivity index (χ2n) is 3.06. The second-order valence-corrected chi connectivity index (χ2v) is 3.06. The van der Waals surface area contributed by atoms with Crippen molar-refractivity contribution < 1.29 is 13.2 Å². The SMILES string of the molecule is FC(F)(F)c1cccc(-n2[c]ccc2)c1. The van der Waals surface area contributed by atoms with E-state index in [1.165, 1.54) is 10.6 Å². The van der Waals surface area contributed by atoms with Crippen LogP contribution >= 0.6 is 0 Å². The minimum atomic E-state index is -4.30. The van der Waals surface area contributed by atoms with Gasteiger partial charge in [-0.05, 0) is 30.3 Å². The lowest BCUT2D eigenvalue weighted by Crippen LogP contribution is -2.05. The summed E-state index contributed by atoms with van der Waals surface area (Å²) in [7, 11) is 0. The third-order valence-corrected chi connectivity index (χ3v) is 2.00. The molecule has 0 aliphatic carbocycles. The molecule has 1 radical (unpaired) electrons. The van der Waals surface area contributed by atoms with Gasteiger partial charge < -0.3 is 4.57 Å². The molecule has 15 heavy (non-hydrogen) atoms. The molecule has 0 fully saturated rings. The molecular formula is C11H7F3N. The van der Waals surface area contributed by atoms with Crippen LogP contribution in [0.3, 0.4) is 0 Å². The molecule has 0 N–H and O–H groups in total. The van der Waals surface area contributed by atoms with Gasteiger partial charge in [-0.1, -0.05) is 6.07 Å². The molecule has 1 aromatic carbocycles. The van der Waals surface area contributed by atoms with Crippen LogP contribution in [0.2, 0.25) is 0 Å². The minimum absolute atomic E-state index is 0.454. The van der Waals surface area contributed by atoms with E-state index in [0.717, 1.165) is 12.1 Å². The third kappa shape index (κ3) is 2.03. The van der Waals surface area contributed by atoms with Crippen LogP contribution in [0.15, 0.2) is 42.6 Å². The van der Waals surface area contributed by atoms with E-state index in [4.69, 9.17) is 0 Å². The summed E-state index contributed by atoms with van der Waals surface area (Å²) < 4.78 is 38.7. The van der Waals surface area contributed by atoms with Crippen molar-refractivity contribution in [3.8, 4) is 5.69 Å². The van der Waals surface area contributed by atoms with Gasteiger partial charge in [-0.3, -0.25) is 0 Å². The second kappa shape index (κ2) is 3.46. The largest absolute Gasteiger partial charge is 0.416 e. The zero-order valence-corrected chi connectivity index (χ0v) is 7.62. The van der Waals surface area contributed by atoms with E-state index in [-0.39, 0.29) is 0 Å². The molecule has 0 saturated carbocycles. The van der Waals surface area contributed by atoms with Gasteiger partial charge in [-0.25, -0.2) is 0 Å². The van der Waals surface area contributed by atoms with Crippen LogP contribution in [0.5, 0.6) is 0 Å². The maximum atomic E-state index is 12.4. The van der Waals surface area contributed by atoms with Gasteiger partial charge in [0.25, 0.3) is 0 Å². The quantitative estimate of drug-likeness (QED) is 0.680. The molecular weight excluding hydrogens is 203 g/mol. The Morgan fingerprint density at radius 3 is 2.53 bits per heavy atom. The molecule has 0 unspecified atom stereocenters. The highest BCUT2D eigenvalue weighted by molar-refractivity contribution is 5.37. The lowest BCUT2D eigenvalue weighted by molar-refractivity contribution is -0.137.